The number of rotatable bonds is 4. The van der Waals surface area contributed by atoms with E-state index in [4.69, 9.17) is 27.9 Å². The maximum Gasteiger partial charge on any atom is 0.0587 e. The molecule has 1 aromatic carbocycles. The summed E-state index contributed by atoms with van der Waals surface area (Å²) in [6, 6.07) is 4.20. The molecular formula is C12H15Cl2NO. The lowest BCUT2D eigenvalue weighted by atomic mass is 10.1. The summed E-state index contributed by atoms with van der Waals surface area (Å²) in [6.07, 6.45) is 2.11. The first kappa shape index (κ1) is 12.2. The Morgan fingerprint density at radius 1 is 1.44 bits per heavy atom. The number of nitrogens with one attached hydrogen (secondary N) is 1. The smallest absolute Gasteiger partial charge is 0.0587 e. The monoisotopic (exact) mass is 259 g/mol. The van der Waals surface area contributed by atoms with E-state index < -0.39 is 0 Å². The fourth-order valence-electron chi connectivity index (χ4n) is 2.19. The second-order valence-corrected chi connectivity index (χ2v) is 4.84. The lowest BCUT2D eigenvalue weighted by molar-refractivity contribution is 0.195. The van der Waals surface area contributed by atoms with Crippen LogP contribution in [0.1, 0.15) is 23.6 Å². The van der Waals surface area contributed by atoms with Crippen LogP contribution in [0.25, 0.3) is 0 Å². The van der Waals surface area contributed by atoms with Crippen LogP contribution in [-0.4, -0.2) is 20.3 Å². The zero-order chi connectivity index (χ0) is 11.5. The summed E-state index contributed by atoms with van der Waals surface area (Å²) in [5.41, 5.74) is 2.48. The van der Waals surface area contributed by atoms with Gasteiger partial charge in [0, 0.05) is 29.7 Å². The Bertz CT molecular complexity index is 382. The van der Waals surface area contributed by atoms with Crippen LogP contribution < -0.4 is 5.32 Å². The second-order valence-electron chi connectivity index (χ2n) is 3.99. The largest absolute Gasteiger partial charge is 0.383 e. The van der Waals surface area contributed by atoms with Crippen LogP contribution in [0, 0.1) is 0 Å². The van der Waals surface area contributed by atoms with Gasteiger partial charge in [-0.1, -0.05) is 23.2 Å². The molecule has 88 valence electrons. The van der Waals surface area contributed by atoms with E-state index in [0.29, 0.717) is 11.1 Å². The zero-order valence-corrected chi connectivity index (χ0v) is 10.7. The third-order valence-electron chi connectivity index (χ3n) is 2.95. The summed E-state index contributed by atoms with van der Waals surface area (Å²) in [5, 5.41) is 4.95. The van der Waals surface area contributed by atoms with Gasteiger partial charge in [-0.25, -0.2) is 0 Å². The molecule has 0 saturated heterocycles. The minimum Gasteiger partial charge on any atom is -0.383 e. The van der Waals surface area contributed by atoms with Crippen LogP contribution in [-0.2, 0) is 11.2 Å². The first-order chi connectivity index (χ1) is 7.72. The molecule has 2 rings (SSSR count). The number of ether oxygens (including phenoxy) is 1. The Kier molecular flexibility index (Phi) is 4.09. The van der Waals surface area contributed by atoms with E-state index in [-0.39, 0.29) is 0 Å². The topological polar surface area (TPSA) is 21.3 Å². The number of fused-ring (bicyclic) bond motifs is 1. The molecule has 0 radical (unpaired) electrons. The van der Waals surface area contributed by atoms with E-state index >= 15 is 0 Å². The highest BCUT2D eigenvalue weighted by Crippen LogP contribution is 2.37. The van der Waals surface area contributed by atoms with Gasteiger partial charge in [0.25, 0.3) is 0 Å². The van der Waals surface area contributed by atoms with Crippen molar-refractivity contribution in [3.8, 4) is 0 Å². The Hall–Kier alpha value is -0.280. The minimum atomic E-state index is 0.362. The van der Waals surface area contributed by atoms with Crippen molar-refractivity contribution in [3.63, 3.8) is 0 Å². The molecule has 0 saturated carbocycles. The van der Waals surface area contributed by atoms with Crippen molar-refractivity contribution in [2.75, 3.05) is 20.3 Å². The van der Waals surface area contributed by atoms with Crippen molar-refractivity contribution in [2.24, 2.45) is 0 Å². The van der Waals surface area contributed by atoms with Gasteiger partial charge in [0.05, 0.1) is 6.61 Å². The summed E-state index contributed by atoms with van der Waals surface area (Å²) in [5.74, 6) is 0. The molecule has 1 N–H and O–H groups in total. The summed E-state index contributed by atoms with van der Waals surface area (Å²) >= 11 is 12.2. The van der Waals surface area contributed by atoms with Gasteiger partial charge in [0.2, 0.25) is 0 Å². The first-order valence-electron chi connectivity index (χ1n) is 5.42. The van der Waals surface area contributed by atoms with Crippen LogP contribution in [0.4, 0.5) is 0 Å². The van der Waals surface area contributed by atoms with Gasteiger partial charge in [-0.15, -0.1) is 0 Å². The van der Waals surface area contributed by atoms with E-state index in [0.717, 1.165) is 31.0 Å². The molecule has 0 bridgehead atoms. The van der Waals surface area contributed by atoms with Crippen molar-refractivity contribution in [2.45, 2.75) is 18.9 Å². The predicted molar refractivity (Wildman–Crippen MR) is 67.4 cm³/mol. The van der Waals surface area contributed by atoms with Gasteiger partial charge in [-0.05, 0) is 36.1 Å². The van der Waals surface area contributed by atoms with Gasteiger partial charge in [0.15, 0.2) is 0 Å². The van der Waals surface area contributed by atoms with Gasteiger partial charge in [0.1, 0.15) is 0 Å². The summed E-state index contributed by atoms with van der Waals surface area (Å²) in [6.45, 7) is 1.57. The zero-order valence-electron chi connectivity index (χ0n) is 9.22. The quantitative estimate of drug-likeness (QED) is 0.839. The van der Waals surface area contributed by atoms with Crippen LogP contribution in [0.15, 0.2) is 12.1 Å². The third kappa shape index (κ3) is 2.51. The van der Waals surface area contributed by atoms with Gasteiger partial charge in [-0.2, -0.15) is 0 Å². The predicted octanol–water partition coefficient (Wildman–Crippen LogP) is 3.22. The van der Waals surface area contributed by atoms with Crippen molar-refractivity contribution in [1.29, 1.82) is 0 Å². The number of halogens is 2. The third-order valence-corrected chi connectivity index (χ3v) is 3.51. The number of hydrogen-bond acceptors (Lipinski definition) is 2. The van der Waals surface area contributed by atoms with E-state index in [1.54, 1.807) is 7.11 Å². The van der Waals surface area contributed by atoms with Crippen molar-refractivity contribution < 1.29 is 4.74 Å². The molecule has 16 heavy (non-hydrogen) atoms. The molecule has 0 heterocycles. The molecule has 1 aliphatic rings. The lowest BCUT2D eigenvalue weighted by Gasteiger charge is -2.14. The van der Waals surface area contributed by atoms with Gasteiger partial charge < -0.3 is 10.1 Å². The number of methoxy groups -OCH3 is 1. The molecule has 0 aliphatic heterocycles. The molecule has 1 aliphatic carbocycles. The average Bonchev–Trinajstić information content (AvgIpc) is 2.62. The second kappa shape index (κ2) is 5.37. The summed E-state index contributed by atoms with van der Waals surface area (Å²) in [4.78, 5) is 0. The highest BCUT2D eigenvalue weighted by Gasteiger charge is 2.24. The highest BCUT2D eigenvalue weighted by atomic mass is 35.5. The first-order valence-corrected chi connectivity index (χ1v) is 6.18. The Labute approximate surface area is 106 Å². The Balaban J connectivity index is 2.12. The number of hydrogen-bond donors (Lipinski definition) is 1. The molecule has 1 unspecified atom stereocenters. The highest BCUT2D eigenvalue weighted by molar-refractivity contribution is 6.35. The van der Waals surface area contributed by atoms with Crippen LogP contribution in [0.3, 0.4) is 0 Å². The van der Waals surface area contributed by atoms with Crippen molar-refractivity contribution >= 4 is 23.2 Å². The number of benzene rings is 1. The van der Waals surface area contributed by atoms with E-state index in [2.05, 4.69) is 5.32 Å². The molecule has 0 amide bonds. The van der Waals surface area contributed by atoms with Crippen LogP contribution in [0.2, 0.25) is 10.0 Å². The summed E-state index contributed by atoms with van der Waals surface area (Å²) < 4.78 is 5.02. The molecule has 0 aromatic heterocycles. The molecule has 1 aromatic rings. The molecule has 4 heteroatoms. The molecule has 1 atom stereocenters. The Morgan fingerprint density at radius 3 is 3.00 bits per heavy atom. The Morgan fingerprint density at radius 2 is 2.25 bits per heavy atom. The van der Waals surface area contributed by atoms with Crippen molar-refractivity contribution in [3.05, 3.63) is 33.3 Å². The molecular weight excluding hydrogens is 245 g/mol. The fourth-order valence-corrected chi connectivity index (χ4v) is 2.79. The standard InChI is InChI=1S/C12H15Cl2NO/c1-16-5-4-15-12-3-2-9-10(12)6-8(13)7-11(9)14/h6-7,12,15H,2-5H2,1H3. The molecule has 0 fully saturated rings. The van der Waals surface area contributed by atoms with E-state index in [1.807, 2.05) is 12.1 Å². The lowest BCUT2D eigenvalue weighted by Crippen LogP contribution is -2.23. The van der Waals surface area contributed by atoms with E-state index in [9.17, 15) is 0 Å². The minimum absolute atomic E-state index is 0.362. The van der Waals surface area contributed by atoms with Crippen LogP contribution in [0.5, 0.6) is 0 Å². The van der Waals surface area contributed by atoms with Gasteiger partial charge >= 0.3 is 0 Å². The normalized spacial score (nSPS) is 18.8. The van der Waals surface area contributed by atoms with Crippen molar-refractivity contribution in [1.82, 2.24) is 5.32 Å². The van der Waals surface area contributed by atoms with E-state index in [1.165, 1.54) is 11.1 Å². The fraction of sp³-hybridized carbons (Fsp3) is 0.500. The molecule has 0 spiro atoms. The average molecular weight is 260 g/mol. The van der Waals surface area contributed by atoms with Crippen LogP contribution >= 0.6 is 23.2 Å². The maximum absolute atomic E-state index is 6.16. The maximum atomic E-state index is 6.16. The summed E-state index contributed by atoms with van der Waals surface area (Å²) in [7, 11) is 1.71. The molecule has 2 nitrogen and oxygen atoms in total. The van der Waals surface area contributed by atoms with Gasteiger partial charge in [-0.3, -0.25) is 0 Å². The SMILES string of the molecule is COCCNC1CCc2c(Cl)cc(Cl)cc21.